The maximum Gasteiger partial charge on any atom is 0.242 e. The van der Waals surface area contributed by atoms with Crippen LogP contribution in [0.1, 0.15) is 18.1 Å². The van der Waals surface area contributed by atoms with Gasteiger partial charge in [-0.25, -0.2) is 9.67 Å². The van der Waals surface area contributed by atoms with Crippen LogP contribution in [0.5, 0.6) is 5.75 Å². The number of hydrogen-bond donors (Lipinski definition) is 3. The average molecular weight is 562 g/mol. The molecule has 33 heavy (non-hydrogen) atoms. The van der Waals surface area contributed by atoms with Crippen LogP contribution < -0.4 is 20.7 Å². The highest BCUT2D eigenvalue weighted by molar-refractivity contribution is 14.0. The lowest BCUT2D eigenvalue weighted by Gasteiger charge is -2.12. The van der Waals surface area contributed by atoms with Crippen molar-refractivity contribution < 1.29 is 9.53 Å². The standard InChI is InChI=1S/C24H30N6O2.HI/c1-3-25-24(28-18-23(31)27-17-20-7-11-22(32-2)12-8-20)26-15-13-19-5-9-21(10-6-19)30-16-4-14-29-30;/h4-12,14,16H,3,13,15,17-18H2,1-2H3,(H,27,31)(H2,25,26,28);1H. The van der Waals surface area contributed by atoms with E-state index in [2.05, 4.69) is 50.3 Å². The Labute approximate surface area is 211 Å². The largest absolute Gasteiger partial charge is 0.497 e. The molecule has 0 bridgehead atoms. The molecule has 0 radical (unpaired) electrons. The molecule has 0 spiro atoms. The highest BCUT2D eigenvalue weighted by Gasteiger charge is 2.04. The summed E-state index contributed by atoms with van der Waals surface area (Å²) in [4.78, 5) is 16.6. The molecule has 0 aliphatic heterocycles. The highest BCUT2D eigenvalue weighted by Crippen LogP contribution is 2.11. The molecule has 1 heterocycles. The number of amides is 1. The third kappa shape index (κ3) is 8.76. The second-order valence-electron chi connectivity index (χ2n) is 7.11. The Bertz CT molecular complexity index is 989. The quantitative estimate of drug-likeness (QED) is 0.201. The van der Waals surface area contributed by atoms with Crippen molar-refractivity contribution in [3.63, 3.8) is 0 Å². The number of carbonyl (C=O) groups is 1. The predicted octanol–water partition coefficient (Wildman–Crippen LogP) is 2.91. The molecule has 0 fully saturated rings. The van der Waals surface area contributed by atoms with Gasteiger partial charge in [-0.1, -0.05) is 24.3 Å². The first kappa shape index (κ1) is 26.2. The first-order valence-electron chi connectivity index (χ1n) is 10.7. The zero-order valence-electron chi connectivity index (χ0n) is 19.0. The minimum Gasteiger partial charge on any atom is -0.497 e. The van der Waals surface area contributed by atoms with Crippen molar-refractivity contribution in [3.8, 4) is 11.4 Å². The maximum atomic E-state index is 12.2. The van der Waals surface area contributed by atoms with Gasteiger partial charge in [-0.2, -0.15) is 5.10 Å². The molecule has 1 amide bonds. The average Bonchev–Trinajstić information content (AvgIpc) is 3.37. The van der Waals surface area contributed by atoms with E-state index in [1.165, 1.54) is 5.56 Å². The summed E-state index contributed by atoms with van der Waals surface area (Å²) in [7, 11) is 1.63. The van der Waals surface area contributed by atoms with Crippen LogP contribution >= 0.6 is 24.0 Å². The predicted molar refractivity (Wildman–Crippen MR) is 142 cm³/mol. The number of aliphatic imine (C=N–C) groups is 1. The zero-order chi connectivity index (χ0) is 22.6. The molecule has 3 aromatic rings. The van der Waals surface area contributed by atoms with Crippen molar-refractivity contribution in [2.75, 3.05) is 26.7 Å². The van der Waals surface area contributed by atoms with E-state index >= 15 is 0 Å². The van der Waals surface area contributed by atoms with Crippen molar-refractivity contribution in [3.05, 3.63) is 78.1 Å². The Morgan fingerprint density at radius 1 is 1.03 bits per heavy atom. The SMILES string of the molecule is CCNC(=NCC(=O)NCc1ccc(OC)cc1)NCCc1ccc(-n2cccn2)cc1.I. The molecule has 0 saturated carbocycles. The lowest BCUT2D eigenvalue weighted by Crippen LogP contribution is -2.39. The molecule has 1 aromatic heterocycles. The molecule has 0 aliphatic carbocycles. The summed E-state index contributed by atoms with van der Waals surface area (Å²) < 4.78 is 6.97. The molecule has 0 atom stereocenters. The van der Waals surface area contributed by atoms with Gasteiger partial charge in [0.25, 0.3) is 0 Å². The summed E-state index contributed by atoms with van der Waals surface area (Å²) in [6.45, 7) is 3.94. The van der Waals surface area contributed by atoms with Crippen molar-refractivity contribution in [1.82, 2.24) is 25.7 Å². The molecule has 176 valence electrons. The van der Waals surface area contributed by atoms with Gasteiger partial charge in [-0.15, -0.1) is 24.0 Å². The number of benzene rings is 2. The smallest absolute Gasteiger partial charge is 0.242 e. The number of nitrogens with zero attached hydrogens (tertiary/aromatic N) is 3. The van der Waals surface area contributed by atoms with Crippen molar-refractivity contribution in [2.24, 2.45) is 4.99 Å². The molecule has 3 N–H and O–H groups in total. The van der Waals surface area contributed by atoms with Crippen LogP contribution in [0.4, 0.5) is 0 Å². The molecule has 8 nitrogen and oxygen atoms in total. The van der Waals surface area contributed by atoms with Gasteiger partial charge >= 0.3 is 0 Å². The van der Waals surface area contributed by atoms with Crippen molar-refractivity contribution in [1.29, 1.82) is 0 Å². The fraction of sp³-hybridized carbons (Fsp3) is 0.292. The van der Waals surface area contributed by atoms with Gasteiger partial charge in [0, 0.05) is 32.0 Å². The number of guanidine groups is 1. The Balaban J connectivity index is 0.00000385. The molecule has 9 heteroatoms. The summed E-state index contributed by atoms with van der Waals surface area (Å²) in [5, 5.41) is 13.6. The van der Waals surface area contributed by atoms with E-state index in [-0.39, 0.29) is 36.4 Å². The Morgan fingerprint density at radius 3 is 2.39 bits per heavy atom. The fourth-order valence-corrected chi connectivity index (χ4v) is 3.05. The third-order valence-electron chi connectivity index (χ3n) is 4.79. The monoisotopic (exact) mass is 562 g/mol. The van der Waals surface area contributed by atoms with Gasteiger partial charge in [-0.05, 0) is 54.8 Å². The number of methoxy groups -OCH3 is 1. The molecule has 0 unspecified atom stereocenters. The summed E-state index contributed by atoms with van der Waals surface area (Å²) in [5.41, 5.74) is 3.25. The summed E-state index contributed by atoms with van der Waals surface area (Å²) in [6.07, 6.45) is 4.52. The Morgan fingerprint density at radius 2 is 1.76 bits per heavy atom. The minimum absolute atomic E-state index is 0. The van der Waals surface area contributed by atoms with Gasteiger partial charge in [0.15, 0.2) is 5.96 Å². The second-order valence-corrected chi connectivity index (χ2v) is 7.11. The van der Waals surface area contributed by atoms with Crippen LogP contribution in [0.25, 0.3) is 5.69 Å². The Hall–Kier alpha value is -3.08. The maximum absolute atomic E-state index is 12.2. The first-order chi connectivity index (χ1) is 15.7. The van der Waals surface area contributed by atoms with E-state index in [4.69, 9.17) is 4.74 Å². The van der Waals surface area contributed by atoms with Crippen LogP contribution in [-0.2, 0) is 17.8 Å². The summed E-state index contributed by atoms with van der Waals surface area (Å²) >= 11 is 0. The molecular formula is C24H31IN6O2. The summed E-state index contributed by atoms with van der Waals surface area (Å²) in [5.74, 6) is 1.28. The first-order valence-corrected chi connectivity index (χ1v) is 10.7. The lowest BCUT2D eigenvalue weighted by atomic mass is 10.1. The summed E-state index contributed by atoms with van der Waals surface area (Å²) in [6, 6.07) is 17.8. The number of halogens is 1. The number of hydrogen-bond acceptors (Lipinski definition) is 4. The van der Waals surface area contributed by atoms with Crippen LogP contribution in [0.2, 0.25) is 0 Å². The van der Waals surface area contributed by atoms with Gasteiger partial charge in [-0.3, -0.25) is 4.79 Å². The van der Waals surface area contributed by atoms with Gasteiger partial charge in [0.1, 0.15) is 12.3 Å². The van der Waals surface area contributed by atoms with E-state index in [1.807, 2.05) is 48.1 Å². The van der Waals surface area contributed by atoms with Crippen molar-refractivity contribution in [2.45, 2.75) is 19.9 Å². The normalized spacial score (nSPS) is 10.8. The van der Waals surface area contributed by atoms with Crippen LogP contribution in [0.15, 0.2) is 72.0 Å². The molecule has 0 aliphatic rings. The number of ether oxygens (including phenoxy) is 1. The van der Waals surface area contributed by atoms with Crippen LogP contribution in [0.3, 0.4) is 0 Å². The highest BCUT2D eigenvalue weighted by atomic mass is 127. The third-order valence-corrected chi connectivity index (χ3v) is 4.79. The van der Waals surface area contributed by atoms with Crippen LogP contribution in [-0.4, -0.2) is 48.4 Å². The molecular weight excluding hydrogens is 531 g/mol. The van der Waals surface area contributed by atoms with E-state index in [0.29, 0.717) is 19.0 Å². The van der Waals surface area contributed by atoms with Gasteiger partial charge < -0.3 is 20.7 Å². The fourth-order valence-electron chi connectivity index (χ4n) is 3.05. The number of aromatic nitrogens is 2. The van der Waals surface area contributed by atoms with Gasteiger partial charge in [0.2, 0.25) is 5.91 Å². The molecule has 2 aromatic carbocycles. The lowest BCUT2D eigenvalue weighted by molar-refractivity contribution is -0.119. The van der Waals surface area contributed by atoms with Gasteiger partial charge in [0.05, 0.1) is 12.8 Å². The van der Waals surface area contributed by atoms with E-state index in [0.717, 1.165) is 30.0 Å². The number of carbonyl (C=O) groups excluding carboxylic acids is 1. The number of nitrogens with one attached hydrogen (secondary N) is 3. The zero-order valence-corrected chi connectivity index (χ0v) is 21.3. The van der Waals surface area contributed by atoms with E-state index < -0.39 is 0 Å². The second kappa shape index (κ2) is 14.1. The number of rotatable bonds is 10. The Kier molecular flexibility index (Phi) is 11.2. The minimum atomic E-state index is -0.132. The molecule has 3 rings (SSSR count). The van der Waals surface area contributed by atoms with Crippen molar-refractivity contribution >= 4 is 35.8 Å². The van der Waals surface area contributed by atoms with Crippen LogP contribution in [0, 0.1) is 0 Å². The molecule has 0 saturated heterocycles. The van der Waals surface area contributed by atoms with E-state index in [9.17, 15) is 4.79 Å². The van der Waals surface area contributed by atoms with E-state index in [1.54, 1.807) is 13.3 Å². The topological polar surface area (TPSA) is 92.6 Å².